The van der Waals surface area contributed by atoms with Gasteiger partial charge in [0.15, 0.2) is 6.10 Å². The zero-order valence-corrected chi connectivity index (χ0v) is 10.6. The van der Waals surface area contributed by atoms with Gasteiger partial charge in [-0.25, -0.2) is 9.18 Å². The van der Waals surface area contributed by atoms with Crippen LogP contribution in [0, 0.1) is 12.7 Å². The molecule has 0 aliphatic heterocycles. The number of halogens is 1. The maximum atomic E-state index is 13.4. The highest BCUT2D eigenvalue weighted by atomic mass is 19.1. The van der Waals surface area contributed by atoms with Gasteiger partial charge in [0.1, 0.15) is 5.82 Å². The third-order valence-electron chi connectivity index (χ3n) is 2.58. The maximum Gasteiger partial charge on any atom is 0.336 e. The zero-order valence-electron chi connectivity index (χ0n) is 10.6. The minimum absolute atomic E-state index is 0.0117. The van der Waals surface area contributed by atoms with E-state index in [0.29, 0.717) is 0 Å². The van der Waals surface area contributed by atoms with Crippen LogP contribution < -0.4 is 11.1 Å². The predicted octanol–water partition coefficient (Wildman–Crippen LogP) is -0.0200. The van der Waals surface area contributed by atoms with Gasteiger partial charge in [-0.1, -0.05) is 0 Å². The molecule has 7 heteroatoms. The molecule has 0 aromatic heterocycles. The van der Waals surface area contributed by atoms with Crippen molar-refractivity contribution >= 4 is 17.6 Å². The van der Waals surface area contributed by atoms with Crippen LogP contribution in [0.5, 0.6) is 0 Å². The van der Waals surface area contributed by atoms with E-state index in [-0.39, 0.29) is 23.4 Å². The molecule has 0 aliphatic carbocycles. The summed E-state index contributed by atoms with van der Waals surface area (Å²) in [5, 5.41) is 11.6. The number of nitrogens with one attached hydrogen (secondary N) is 1. The summed E-state index contributed by atoms with van der Waals surface area (Å²) in [5.74, 6) is -2.11. The monoisotopic (exact) mass is 270 g/mol. The number of ether oxygens (including phenoxy) is 1. The molecule has 0 aliphatic rings. The lowest BCUT2D eigenvalue weighted by molar-refractivity contribution is -0.149. The summed E-state index contributed by atoms with van der Waals surface area (Å²) in [6, 6.07) is 2.35. The third-order valence-corrected chi connectivity index (χ3v) is 2.58. The van der Waals surface area contributed by atoms with Crippen molar-refractivity contribution in [3.63, 3.8) is 0 Å². The molecule has 1 rings (SSSR count). The summed E-state index contributed by atoms with van der Waals surface area (Å²) >= 11 is 0. The third kappa shape index (κ3) is 3.65. The van der Waals surface area contributed by atoms with Crippen molar-refractivity contribution in [2.75, 3.05) is 19.4 Å². The number of hydrogen-bond acceptors (Lipinski definition) is 5. The molecular formula is C12H15FN2O4. The molecule has 19 heavy (non-hydrogen) atoms. The molecule has 0 bridgehead atoms. The molecule has 0 spiro atoms. The fraction of sp³-hybridized carbons (Fsp3) is 0.333. The second-order valence-corrected chi connectivity index (χ2v) is 3.92. The van der Waals surface area contributed by atoms with E-state index in [0.717, 1.165) is 13.2 Å². The molecule has 1 aromatic carbocycles. The highest BCUT2D eigenvalue weighted by Crippen LogP contribution is 2.17. The molecule has 0 saturated heterocycles. The lowest BCUT2D eigenvalue weighted by Crippen LogP contribution is -2.37. The Morgan fingerprint density at radius 1 is 1.53 bits per heavy atom. The molecule has 1 unspecified atom stereocenters. The molecule has 6 nitrogen and oxygen atoms in total. The van der Waals surface area contributed by atoms with Gasteiger partial charge in [-0.2, -0.15) is 0 Å². The minimum atomic E-state index is -1.47. The molecular weight excluding hydrogens is 255 g/mol. The standard InChI is InChI=1S/C12H15FN2O4/c1-6-8(13)3-7(4-9(6)14)11(17)15-5-10(16)12(18)19-2/h3-4,10,16H,5,14H2,1-2H3,(H,15,17). The summed E-state index contributed by atoms with van der Waals surface area (Å²) < 4.78 is 17.7. The molecule has 1 aromatic rings. The van der Waals surface area contributed by atoms with E-state index in [4.69, 9.17) is 5.73 Å². The van der Waals surface area contributed by atoms with Crippen molar-refractivity contribution in [2.45, 2.75) is 13.0 Å². The summed E-state index contributed by atoms with van der Waals surface area (Å²) in [4.78, 5) is 22.6. The Hall–Kier alpha value is -2.15. The number of aliphatic hydroxyl groups is 1. The van der Waals surface area contributed by atoms with Crippen LogP contribution >= 0.6 is 0 Å². The quantitative estimate of drug-likeness (QED) is 0.527. The van der Waals surface area contributed by atoms with Crippen molar-refractivity contribution in [3.8, 4) is 0 Å². The molecule has 1 atom stereocenters. The Morgan fingerprint density at radius 3 is 2.68 bits per heavy atom. The van der Waals surface area contributed by atoms with Gasteiger partial charge in [0.25, 0.3) is 5.91 Å². The SMILES string of the molecule is COC(=O)C(O)CNC(=O)c1cc(N)c(C)c(F)c1. The Bertz CT molecular complexity index is 481. The smallest absolute Gasteiger partial charge is 0.336 e. The number of nitrogens with two attached hydrogens (primary N) is 1. The van der Waals surface area contributed by atoms with Crippen LogP contribution in [-0.2, 0) is 9.53 Å². The van der Waals surface area contributed by atoms with Crippen LogP contribution in [0.25, 0.3) is 0 Å². The summed E-state index contributed by atoms with van der Waals surface area (Å²) in [6.07, 6.45) is -1.47. The van der Waals surface area contributed by atoms with E-state index in [2.05, 4.69) is 10.1 Å². The van der Waals surface area contributed by atoms with Crippen molar-refractivity contribution in [1.82, 2.24) is 5.32 Å². The lowest BCUT2D eigenvalue weighted by atomic mass is 10.1. The Balaban J connectivity index is 2.72. The molecule has 4 N–H and O–H groups in total. The fourth-order valence-electron chi connectivity index (χ4n) is 1.34. The maximum absolute atomic E-state index is 13.4. The van der Waals surface area contributed by atoms with Crippen molar-refractivity contribution in [2.24, 2.45) is 0 Å². The van der Waals surface area contributed by atoms with Gasteiger partial charge in [-0.3, -0.25) is 4.79 Å². The van der Waals surface area contributed by atoms with Crippen molar-refractivity contribution in [1.29, 1.82) is 0 Å². The normalized spacial score (nSPS) is 11.8. The van der Waals surface area contributed by atoms with Gasteiger partial charge in [0, 0.05) is 16.8 Å². The fourth-order valence-corrected chi connectivity index (χ4v) is 1.34. The average molecular weight is 270 g/mol. The number of hydrogen-bond donors (Lipinski definition) is 3. The van der Waals surface area contributed by atoms with Crippen LogP contribution in [0.1, 0.15) is 15.9 Å². The second-order valence-electron chi connectivity index (χ2n) is 3.92. The largest absolute Gasteiger partial charge is 0.467 e. The summed E-state index contributed by atoms with van der Waals surface area (Å²) in [6.45, 7) is 1.16. The summed E-state index contributed by atoms with van der Waals surface area (Å²) in [7, 11) is 1.11. The molecule has 0 heterocycles. The minimum Gasteiger partial charge on any atom is -0.467 e. The lowest BCUT2D eigenvalue weighted by Gasteiger charge is -2.11. The Morgan fingerprint density at radius 2 is 2.16 bits per heavy atom. The number of esters is 1. The topological polar surface area (TPSA) is 102 Å². The molecule has 0 radical (unpaired) electrons. The van der Waals surface area contributed by atoms with Gasteiger partial charge in [-0.15, -0.1) is 0 Å². The van der Waals surface area contributed by atoms with Gasteiger partial charge >= 0.3 is 5.97 Å². The molecule has 0 fully saturated rings. The number of carbonyl (C=O) groups is 2. The Labute approximate surface area is 109 Å². The molecule has 1 amide bonds. The van der Waals surface area contributed by atoms with Crippen LogP contribution in [0.4, 0.5) is 10.1 Å². The number of amides is 1. The van der Waals surface area contributed by atoms with E-state index >= 15 is 0 Å². The first-order chi connectivity index (χ1) is 8.86. The van der Waals surface area contributed by atoms with E-state index in [1.807, 2.05) is 0 Å². The number of carbonyl (C=O) groups excluding carboxylic acids is 2. The van der Waals surface area contributed by atoms with E-state index in [9.17, 15) is 19.1 Å². The molecule has 0 saturated carbocycles. The van der Waals surface area contributed by atoms with E-state index in [1.54, 1.807) is 0 Å². The van der Waals surface area contributed by atoms with Crippen LogP contribution in [0.15, 0.2) is 12.1 Å². The van der Waals surface area contributed by atoms with Gasteiger partial charge in [0.2, 0.25) is 0 Å². The highest BCUT2D eigenvalue weighted by molar-refractivity contribution is 5.95. The second kappa shape index (κ2) is 6.14. The van der Waals surface area contributed by atoms with E-state index in [1.165, 1.54) is 13.0 Å². The van der Waals surface area contributed by atoms with Gasteiger partial charge < -0.3 is 20.9 Å². The first kappa shape index (κ1) is 14.9. The number of aliphatic hydroxyl groups excluding tert-OH is 1. The van der Waals surface area contributed by atoms with Gasteiger partial charge in [0.05, 0.1) is 13.7 Å². The number of rotatable bonds is 4. The highest BCUT2D eigenvalue weighted by Gasteiger charge is 2.17. The number of nitrogen functional groups attached to an aromatic ring is 1. The van der Waals surface area contributed by atoms with Gasteiger partial charge in [-0.05, 0) is 19.1 Å². The van der Waals surface area contributed by atoms with E-state index < -0.39 is 23.8 Å². The predicted molar refractivity (Wildman–Crippen MR) is 65.9 cm³/mol. The van der Waals surface area contributed by atoms with Crippen LogP contribution in [-0.4, -0.2) is 36.7 Å². The number of anilines is 1. The van der Waals surface area contributed by atoms with Crippen LogP contribution in [0.2, 0.25) is 0 Å². The number of benzene rings is 1. The first-order valence-corrected chi connectivity index (χ1v) is 5.46. The number of methoxy groups -OCH3 is 1. The summed E-state index contributed by atoms with van der Waals surface area (Å²) in [5.41, 5.74) is 5.96. The Kier molecular flexibility index (Phi) is 4.82. The zero-order chi connectivity index (χ0) is 14.6. The average Bonchev–Trinajstić information content (AvgIpc) is 2.39. The van der Waals surface area contributed by atoms with Crippen molar-refractivity contribution < 1.29 is 23.8 Å². The first-order valence-electron chi connectivity index (χ1n) is 5.46. The molecule has 104 valence electrons. The van der Waals surface area contributed by atoms with Crippen molar-refractivity contribution in [3.05, 3.63) is 29.1 Å². The van der Waals surface area contributed by atoms with Crippen LogP contribution in [0.3, 0.4) is 0 Å².